The average Bonchev–Trinajstić information content (AvgIpc) is 3.19. The Morgan fingerprint density at radius 2 is 2.10 bits per heavy atom. The van der Waals surface area contributed by atoms with E-state index >= 15 is 0 Å². The molecule has 0 unspecified atom stereocenters. The summed E-state index contributed by atoms with van der Waals surface area (Å²) in [4.78, 5) is 11.9. The molecule has 0 aromatic heterocycles. The third-order valence-electron chi connectivity index (χ3n) is 2.79. The zero-order chi connectivity index (χ0) is 14.8. The Bertz CT molecular complexity index is 614. The van der Waals surface area contributed by atoms with Crippen molar-refractivity contribution < 1.29 is 18.3 Å². The van der Waals surface area contributed by atoms with E-state index < -0.39 is 15.9 Å². The molecule has 6 nitrogen and oxygen atoms in total. The van der Waals surface area contributed by atoms with Gasteiger partial charge in [0, 0.05) is 17.1 Å². The fraction of sp³-hybridized carbons (Fsp3) is 0.417. The minimum Gasteiger partial charge on any atom is -0.395 e. The molecule has 2 rings (SSSR count). The average molecular weight is 363 g/mol. The van der Waals surface area contributed by atoms with E-state index in [0.717, 1.165) is 12.8 Å². The Hall–Kier alpha value is -0.960. The van der Waals surface area contributed by atoms with Gasteiger partial charge >= 0.3 is 0 Å². The number of hydrogen-bond donors (Lipinski definition) is 3. The smallest absolute Gasteiger partial charge is 0.252 e. The molecule has 0 aliphatic heterocycles. The molecule has 1 aromatic rings. The van der Waals surface area contributed by atoms with Crippen molar-refractivity contribution in [2.75, 3.05) is 13.2 Å². The molecule has 110 valence electrons. The first-order chi connectivity index (χ1) is 9.44. The molecule has 0 heterocycles. The van der Waals surface area contributed by atoms with Gasteiger partial charge in [0.1, 0.15) is 0 Å². The molecule has 0 saturated heterocycles. The van der Waals surface area contributed by atoms with Crippen LogP contribution < -0.4 is 10.0 Å². The van der Waals surface area contributed by atoms with Crippen molar-refractivity contribution in [3.63, 3.8) is 0 Å². The number of nitrogens with one attached hydrogen (secondary N) is 2. The zero-order valence-corrected chi connectivity index (χ0v) is 13.0. The molecule has 0 radical (unpaired) electrons. The van der Waals surface area contributed by atoms with Crippen LogP contribution in [0.25, 0.3) is 0 Å². The van der Waals surface area contributed by atoms with Crippen molar-refractivity contribution in [2.24, 2.45) is 0 Å². The molecular formula is C12H15BrN2O4S. The molecular weight excluding hydrogens is 348 g/mol. The van der Waals surface area contributed by atoms with Crippen LogP contribution in [0.1, 0.15) is 23.2 Å². The highest BCUT2D eigenvalue weighted by molar-refractivity contribution is 9.10. The van der Waals surface area contributed by atoms with Crippen molar-refractivity contribution in [1.29, 1.82) is 0 Å². The lowest BCUT2D eigenvalue weighted by molar-refractivity contribution is 0.0944. The van der Waals surface area contributed by atoms with E-state index in [9.17, 15) is 13.2 Å². The SMILES string of the molecule is O=C(NCCO)c1cc(S(=O)(=O)NC2CC2)ccc1Br. The maximum atomic E-state index is 12.1. The number of rotatable bonds is 6. The second kappa shape index (κ2) is 6.21. The van der Waals surface area contributed by atoms with Gasteiger partial charge < -0.3 is 10.4 Å². The molecule has 1 amide bonds. The number of aliphatic hydroxyl groups excluding tert-OH is 1. The number of hydrogen-bond acceptors (Lipinski definition) is 4. The summed E-state index contributed by atoms with van der Waals surface area (Å²) in [6.07, 6.45) is 1.69. The molecule has 1 saturated carbocycles. The molecule has 1 aromatic carbocycles. The summed E-state index contributed by atoms with van der Waals surface area (Å²) >= 11 is 3.21. The van der Waals surface area contributed by atoms with E-state index in [1.807, 2.05) is 0 Å². The number of amides is 1. The van der Waals surface area contributed by atoms with Crippen LogP contribution >= 0.6 is 15.9 Å². The van der Waals surface area contributed by atoms with E-state index in [1.54, 1.807) is 0 Å². The number of sulfonamides is 1. The molecule has 20 heavy (non-hydrogen) atoms. The maximum absolute atomic E-state index is 12.1. The summed E-state index contributed by atoms with van der Waals surface area (Å²) in [7, 11) is -3.59. The van der Waals surface area contributed by atoms with Gasteiger partial charge in [0.2, 0.25) is 10.0 Å². The Morgan fingerprint density at radius 3 is 2.70 bits per heavy atom. The van der Waals surface area contributed by atoms with E-state index in [4.69, 9.17) is 5.11 Å². The molecule has 0 atom stereocenters. The summed E-state index contributed by atoms with van der Waals surface area (Å²) in [6.45, 7) is -0.0623. The fourth-order valence-corrected chi connectivity index (χ4v) is 3.36. The van der Waals surface area contributed by atoms with Gasteiger partial charge in [0.25, 0.3) is 5.91 Å². The lowest BCUT2D eigenvalue weighted by Gasteiger charge is -2.09. The highest BCUT2D eigenvalue weighted by atomic mass is 79.9. The topological polar surface area (TPSA) is 95.5 Å². The highest BCUT2D eigenvalue weighted by Gasteiger charge is 2.28. The van der Waals surface area contributed by atoms with E-state index in [2.05, 4.69) is 26.0 Å². The summed E-state index contributed by atoms with van der Waals surface area (Å²) in [5, 5.41) is 11.2. The van der Waals surface area contributed by atoms with Gasteiger partial charge in [-0.15, -0.1) is 0 Å². The minimum atomic E-state index is -3.59. The van der Waals surface area contributed by atoms with E-state index in [-0.39, 0.29) is 29.7 Å². The molecule has 0 spiro atoms. The number of aliphatic hydroxyl groups is 1. The molecule has 1 aliphatic rings. The summed E-state index contributed by atoms with van der Waals surface area (Å²) in [5.41, 5.74) is 0.220. The molecule has 3 N–H and O–H groups in total. The monoisotopic (exact) mass is 362 g/mol. The predicted octanol–water partition coefficient (Wildman–Crippen LogP) is 0.612. The van der Waals surface area contributed by atoms with Gasteiger partial charge in [-0.25, -0.2) is 13.1 Å². The maximum Gasteiger partial charge on any atom is 0.252 e. The summed E-state index contributed by atoms with van der Waals surface area (Å²) in [5.74, 6) is -0.436. The first-order valence-corrected chi connectivity index (χ1v) is 8.42. The summed E-state index contributed by atoms with van der Waals surface area (Å²) in [6, 6.07) is 4.30. The van der Waals surface area contributed by atoms with Crippen LogP contribution in [0.4, 0.5) is 0 Å². The van der Waals surface area contributed by atoms with Gasteiger partial charge in [-0.1, -0.05) is 0 Å². The third kappa shape index (κ3) is 3.78. The van der Waals surface area contributed by atoms with Gasteiger partial charge in [-0.05, 0) is 47.0 Å². The van der Waals surface area contributed by atoms with Crippen molar-refractivity contribution in [3.05, 3.63) is 28.2 Å². The predicted molar refractivity (Wildman–Crippen MR) is 76.9 cm³/mol. The number of carbonyl (C=O) groups excluding carboxylic acids is 1. The lowest BCUT2D eigenvalue weighted by atomic mass is 10.2. The normalized spacial score (nSPS) is 15.1. The quantitative estimate of drug-likeness (QED) is 0.690. The summed E-state index contributed by atoms with van der Waals surface area (Å²) < 4.78 is 27.2. The van der Waals surface area contributed by atoms with E-state index in [1.165, 1.54) is 18.2 Å². The standard InChI is InChI=1S/C12H15BrN2O4S/c13-11-4-3-9(20(18,19)15-8-1-2-8)7-10(11)12(17)14-5-6-16/h3-4,7-8,15-16H,1-2,5-6H2,(H,14,17). The zero-order valence-electron chi connectivity index (χ0n) is 10.6. The van der Waals surface area contributed by atoms with Crippen molar-refractivity contribution in [3.8, 4) is 0 Å². The minimum absolute atomic E-state index is 0.00955. The van der Waals surface area contributed by atoms with E-state index in [0.29, 0.717) is 4.47 Å². The largest absolute Gasteiger partial charge is 0.395 e. The second-order valence-corrected chi connectivity index (χ2v) is 7.09. The second-order valence-electron chi connectivity index (χ2n) is 4.52. The van der Waals surface area contributed by atoms with Crippen molar-refractivity contribution in [2.45, 2.75) is 23.8 Å². The van der Waals surface area contributed by atoms with Crippen LogP contribution in [0.3, 0.4) is 0 Å². The van der Waals surface area contributed by atoms with Crippen LogP contribution in [-0.2, 0) is 10.0 Å². The number of benzene rings is 1. The number of halogens is 1. The first-order valence-electron chi connectivity index (χ1n) is 6.15. The van der Waals surface area contributed by atoms with Crippen molar-refractivity contribution in [1.82, 2.24) is 10.0 Å². The lowest BCUT2D eigenvalue weighted by Crippen LogP contribution is -2.28. The molecule has 0 bridgehead atoms. The highest BCUT2D eigenvalue weighted by Crippen LogP contribution is 2.25. The van der Waals surface area contributed by atoms with Crippen molar-refractivity contribution >= 4 is 31.9 Å². The molecule has 1 fully saturated rings. The van der Waals surface area contributed by atoms with Crippen LogP contribution in [-0.4, -0.2) is 38.6 Å². The Labute approximate surface area is 125 Å². The molecule has 8 heteroatoms. The first kappa shape index (κ1) is 15.4. The van der Waals surface area contributed by atoms with Gasteiger partial charge in [0.05, 0.1) is 17.1 Å². The Morgan fingerprint density at radius 1 is 1.40 bits per heavy atom. The fourth-order valence-electron chi connectivity index (χ4n) is 1.60. The van der Waals surface area contributed by atoms with Gasteiger partial charge in [0.15, 0.2) is 0 Å². The van der Waals surface area contributed by atoms with Crippen LogP contribution in [0, 0.1) is 0 Å². The third-order valence-corrected chi connectivity index (χ3v) is 5.00. The number of carbonyl (C=O) groups is 1. The Balaban J connectivity index is 2.25. The van der Waals surface area contributed by atoms with Gasteiger partial charge in [-0.2, -0.15) is 0 Å². The molecule has 1 aliphatic carbocycles. The van der Waals surface area contributed by atoms with Gasteiger partial charge in [-0.3, -0.25) is 4.79 Å². The van der Waals surface area contributed by atoms with Crippen LogP contribution in [0.5, 0.6) is 0 Å². The van der Waals surface area contributed by atoms with Crippen LogP contribution in [0.15, 0.2) is 27.6 Å². The van der Waals surface area contributed by atoms with Crippen LogP contribution in [0.2, 0.25) is 0 Å². The Kier molecular flexibility index (Phi) is 4.79.